The van der Waals surface area contributed by atoms with Gasteiger partial charge in [0.05, 0.1) is 0 Å². The molecule has 0 aliphatic carbocycles. The summed E-state index contributed by atoms with van der Waals surface area (Å²) in [5.41, 5.74) is 0. The molecule has 2 nitrogen and oxygen atoms in total. The van der Waals surface area contributed by atoms with Crippen molar-refractivity contribution in [1.82, 2.24) is 4.98 Å². The molecule has 0 aliphatic heterocycles. The van der Waals surface area contributed by atoms with Gasteiger partial charge in [0.2, 0.25) is 5.88 Å². The molecule has 0 saturated heterocycles. The molecular formula is C10H16NOP. The Hall–Kier alpha value is -0.620. The SMILES string of the molecule is CCC(P)(CC)Oc1ccccn1. The first kappa shape index (κ1) is 10.5. The molecule has 1 atom stereocenters. The lowest BCUT2D eigenvalue weighted by atomic mass is 10.2. The average Bonchev–Trinajstić information content (AvgIpc) is 2.19. The Balaban J connectivity index is 2.68. The van der Waals surface area contributed by atoms with Crippen LogP contribution in [-0.2, 0) is 0 Å². The van der Waals surface area contributed by atoms with E-state index >= 15 is 0 Å². The maximum absolute atomic E-state index is 5.75. The summed E-state index contributed by atoms with van der Waals surface area (Å²) < 4.78 is 5.75. The van der Waals surface area contributed by atoms with E-state index in [2.05, 4.69) is 28.1 Å². The van der Waals surface area contributed by atoms with E-state index in [0.29, 0.717) is 5.88 Å². The molecule has 0 radical (unpaired) electrons. The van der Waals surface area contributed by atoms with Gasteiger partial charge in [-0.05, 0) is 18.9 Å². The molecule has 0 saturated carbocycles. The van der Waals surface area contributed by atoms with E-state index in [9.17, 15) is 0 Å². The molecule has 72 valence electrons. The van der Waals surface area contributed by atoms with Crippen LogP contribution in [0.4, 0.5) is 0 Å². The minimum Gasteiger partial charge on any atom is -0.467 e. The van der Waals surface area contributed by atoms with Crippen LogP contribution in [0, 0.1) is 0 Å². The van der Waals surface area contributed by atoms with Gasteiger partial charge in [-0.2, -0.15) is 0 Å². The summed E-state index contributed by atoms with van der Waals surface area (Å²) in [6.45, 7) is 4.22. The number of pyridine rings is 1. The Kier molecular flexibility index (Phi) is 3.68. The van der Waals surface area contributed by atoms with Crippen LogP contribution in [0.1, 0.15) is 26.7 Å². The second kappa shape index (κ2) is 4.57. The fraction of sp³-hybridized carbons (Fsp3) is 0.500. The zero-order valence-electron chi connectivity index (χ0n) is 8.16. The van der Waals surface area contributed by atoms with Crippen LogP contribution < -0.4 is 4.74 Å². The lowest BCUT2D eigenvalue weighted by Gasteiger charge is -2.27. The van der Waals surface area contributed by atoms with E-state index < -0.39 is 0 Å². The van der Waals surface area contributed by atoms with Gasteiger partial charge in [0.1, 0.15) is 5.34 Å². The second-order valence-electron chi connectivity index (χ2n) is 3.04. The average molecular weight is 197 g/mol. The molecule has 3 heteroatoms. The van der Waals surface area contributed by atoms with Gasteiger partial charge in [-0.15, -0.1) is 0 Å². The molecule has 0 amide bonds. The lowest BCUT2D eigenvalue weighted by molar-refractivity contribution is 0.148. The molecule has 1 rings (SSSR count). The summed E-state index contributed by atoms with van der Waals surface area (Å²) >= 11 is 0. The molecule has 0 N–H and O–H groups in total. The van der Waals surface area contributed by atoms with Crippen LogP contribution in [0.2, 0.25) is 0 Å². The van der Waals surface area contributed by atoms with Crippen molar-refractivity contribution < 1.29 is 4.74 Å². The molecule has 1 heterocycles. The highest BCUT2D eigenvalue weighted by atomic mass is 31.0. The van der Waals surface area contributed by atoms with Gasteiger partial charge in [-0.1, -0.05) is 29.2 Å². The molecule has 0 spiro atoms. The fourth-order valence-corrected chi connectivity index (χ4v) is 1.13. The highest BCUT2D eigenvalue weighted by Gasteiger charge is 2.21. The fourth-order valence-electron chi connectivity index (χ4n) is 1.01. The largest absolute Gasteiger partial charge is 0.467 e. The number of ether oxygens (including phenoxy) is 1. The van der Waals surface area contributed by atoms with Crippen molar-refractivity contribution in [3.63, 3.8) is 0 Å². The number of aromatic nitrogens is 1. The summed E-state index contributed by atoms with van der Waals surface area (Å²) in [6.07, 6.45) is 3.67. The van der Waals surface area contributed by atoms with Gasteiger partial charge >= 0.3 is 0 Å². The molecular weight excluding hydrogens is 181 g/mol. The van der Waals surface area contributed by atoms with E-state index in [1.165, 1.54) is 0 Å². The van der Waals surface area contributed by atoms with Crippen molar-refractivity contribution in [2.75, 3.05) is 0 Å². The maximum atomic E-state index is 5.75. The number of nitrogens with zero attached hydrogens (tertiary/aromatic N) is 1. The second-order valence-corrected chi connectivity index (χ2v) is 4.09. The van der Waals surface area contributed by atoms with Gasteiger partial charge in [0.25, 0.3) is 0 Å². The minimum atomic E-state index is -0.158. The zero-order chi connectivity index (χ0) is 9.73. The van der Waals surface area contributed by atoms with Crippen molar-refractivity contribution in [2.45, 2.75) is 32.0 Å². The number of hydrogen-bond donors (Lipinski definition) is 0. The topological polar surface area (TPSA) is 22.1 Å². The van der Waals surface area contributed by atoms with E-state index in [4.69, 9.17) is 4.74 Å². The number of hydrogen-bond acceptors (Lipinski definition) is 2. The Bertz CT molecular complexity index is 246. The number of rotatable bonds is 4. The van der Waals surface area contributed by atoms with E-state index in [1.54, 1.807) is 6.20 Å². The van der Waals surface area contributed by atoms with Crippen molar-refractivity contribution in [1.29, 1.82) is 0 Å². The van der Waals surface area contributed by atoms with Crippen molar-refractivity contribution in [3.05, 3.63) is 24.4 Å². The summed E-state index contributed by atoms with van der Waals surface area (Å²) in [5, 5.41) is -0.158. The monoisotopic (exact) mass is 197 g/mol. The normalized spacial score (nSPS) is 11.3. The van der Waals surface area contributed by atoms with Gasteiger partial charge in [-0.25, -0.2) is 4.98 Å². The molecule has 0 bridgehead atoms. The Labute approximate surface area is 81.9 Å². The zero-order valence-corrected chi connectivity index (χ0v) is 9.31. The first-order valence-corrected chi connectivity index (χ1v) is 5.17. The van der Waals surface area contributed by atoms with E-state index in [1.807, 2.05) is 18.2 Å². The third-order valence-electron chi connectivity index (χ3n) is 2.14. The van der Waals surface area contributed by atoms with Crippen LogP contribution in [0.25, 0.3) is 0 Å². The minimum absolute atomic E-state index is 0.158. The van der Waals surface area contributed by atoms with Crippen LogP contribution in [-0.4, -0.2) is 10.3 Å². The summed E-state index contributed by atoms with van der Waals surface area (Å²) in [6, 6.07) is 5.69. The molecule has 0 fully saturated rings. The van der Waals surface area contributed by atoms with Crippen molar-refractivity contribution >= 4 is 9.24 Å². The first-order chi connectivity index (χ1) is 6.20. The van der Waals surface area contributed by atoms with Gasteiger partial charge in [0, 0.05) is 12.3 Å². The maximum Gasteiger partial charge on any atom is 0.214 e. The van der Waals surface area contributed by atoms with Crippen LogP contribution in [0.5, 0.6) is 5.88 Å². The Morgan fingerprint density at radius 3 is 2.54 bits per heavy atom. The van der Waals surface area contributed by atoms with E-state index in [0.717, 1.165) is 12.8 Å². The van der Waals surface area contributed by atoms with Crippen molar-refractivity contribution in [3.8, 4) is 5.88 Å². The third kappa shape index (κ3) is 2.96. The van der Waals surface area contributed by atoms with E-state index in [-0.39, 0.29) is 5.34 Å². The summed E-state index contributed by atoms with van der Waals surface area (Å²) in [7, 11) is 2.76. The van der Waals surface area contributed by atoms with Gasteiger partial charge in [-0.3, -0.25) is 0 Å². The highest BCUT2D eigenvalue weighted by Crippen LogP contribution is 2.29. The Morgan fingerprint density at radius 2 is 2.08 bits per heavy atom. The molecule has 1 unspecified atom stereocenters. The first-order valence-electron chi connectivity index (χ1n) is 4.59. The lowest BCUT2D eigenvalue weighted by Crippen LogP contribution is -2.26. The highest BCUT2D eigenvalue weighted by molar-refractivity contribution is 7.18. The smallest absolute Gasteiger partial charge is 0.214 e. The predicted molar refractivity (Wildman–Crippen MR) is 57.9 cm³/mol. The summed E-state index contributed by atoms with van der Waals surface area (Å²) in [5.74, 6) is 0.696. The molecule has 0 aliphatic rings. The van der Waals surface area contributed by atoms with Gasteiger partial charge < -0.3 is 4.74 Å². The van der Waals surface area contributed by atoms with Gasteiger partial charge in [0.15, 0.2) is 0 Å². The Morgan fingerprint density at radius 1 is 1.38 bits per heavy atom. The van der Waals surface area contributed by atoms with Crippen LogP contribution in [0.15, 0.2) is 24.4 Å². The predicted octanol–water partition coefficient (Wildman–Crippen LogP) is 2.85. The molecule has 1 aromatic heterocycles. The molecule has 1 aromatic rings. The third-order valence-corrected chi connectivity index (χ3v) is 3.08. The standard InChI is InChI=1S/C10H16NOP/c1-3-10(13,4-2)12-9-7-5-6-8-11-9/h5-8H,3-4,13H2,1-2H3. The van der Waals surface area contributed by atoms with Crippen LogP contribution >= 0.6 is 9.24 Å². The molecule has 0 aromatic carbocycles. The van der Waals surface area contributed by atoms with Crippen molar-refractivity contribution in [2.24, 2.45) is 0 Å². The van der Waals surface area contributed by atoms with Crippen LogP contribution in [0.3, 0.4) is 0 Å². The quantitative estimate of drug-likeness (QED) is 0.692. The summed E-state index contributed by atoms with van der Waals surface area (Å²) in [4.78, 5) is 4.12. The molecule has 13 heavy (non-hydrogen) atoms.